The molecule has 1 heterocycles. The van der Waals surface area contributed by atoms with Gasteiger partial charge >= 0.3 is 0 Å². The van der Waals surface area contributed by atoms with Gasteiger partial charge in [0, 0.05) is 15.5 Å². The van der Waals surface area contributed by atoms with E-state index in [1.807, 2.05) is 18.2 Å². The van der Waals surface area contributed by atoms with Crippen molar-refractivity contribution in [2.24, 2.45) is 0 Å². The first-order valence-electron chi connectivity index (χ1n) is 4.95. The second kappa shape index (κ2) is 6.14. The number of rotatable bonds is 3. The van der Waals surface area contributed by atoms with Gasteiger partial charge in [-0.2, -0.15) is 0 Å². The van der Waals surface area contributed by atoms with Gasteiger partial charge < -0.3 is 4.74 Å². The number of hydrogen-bond acceptors (Lipinski definition) is 2. The highest BCUT2D eigenvalue weighted by Crippen LogP contribution is 2.44. The molecule has 96 valence electrons. The van der Waals surface area contributed by atoms with E-state index in [1.54, 1.807) is 24.5 Å². The molecule has 0 spiro atoms. The fraction of sp³-hybridized carbons (Fsp3) is 0.167. The smallest absolute Gasteiger partial charge is 0.125 e. The summed E-state index contributed by atoms with van der Waals surface area (Å²) in [6, 6.07) is 7.53. The van der Waals surface area contributed by atoms with E-state index in [2.05, 4.69) is 31.9 Å². The molecule has 2 aromatic rings. The average molecular weight is 431 g/mol. The summed E-state index contributed by atoms with van der Waals surface area (Å²) >= 11 is 20.7. The highest BCUT2D eigenvalue weighted by molar-refractivity contribution is 9.11. The molecule has 1 unspecified atom stereocenters. The second-order valence-corrected chi connectivity index (χ2v) is 7.68. The molecule has 1 atom stereocenters. The van der Waals surface area contributed by atoms with Crippen LogP contribution in [0.25, 0.3) is 0 Å². The van der Waals surface area contributed by atoms with Crippen molar-refractivity contribution in [3.63, 3.8) is 0 Å². The molecule has 0 fully saturated rings. The predicted molar refractivity (Wildman–Crippen MR) is 85.8 cm³/mol. The molecular formula is C12H8Br2Cl2OS. The molecule has 1 nitrogen and oxygen atoms in total. The van der Waals surface area contributed by atoms with Crippen molar-refractivity contribution >= 4 is 66.4 Å². The van der Waals surface area contributed by atoms with Gasteiger partial charge in [-0.3, -0.25) is 0 Å². The number of methoxy groups -OCH3 is 1. The molecule has 0 aliphatic heterocycles. The van der Waals surface area contributed by atoms with E-state index in [0.29, 0.717) is 10.0 Å². The van der Waals surface area contributed by atoms with Crippen LogP contribution in [0.15, 0.2) is 28.1 Å². The number of halogens is 4. The van der Waals surface area contributed by atoms with Gasteiger partial charge in [0.15, 0.2) is 0 Å². The van der Waals surface area contributed by atoms with Crippen molar-refractivity contribution in [1.82, 2.24) is 0 Å². The third-order valence-corrected chi connectivity index (χ3v) is 6.45. The maximum atomic E-state index is 6.05. The van der Waals surface area contributed by atoms with E-state index in [0.717, 1.165) is 20.0 Å². The van der Waals surface area contributed by atoms with Crippen LogP contribution in [0.1, 0.15) is 15.3 Å². The first-order chi connectivity index (χ1) is 8.52. The monoisotopic (exact) mass is 428 g/mol. The number of benzene rings is 1. The second-order valence-electron chi connectivity index (χ2n) is 3.52. The third-order valence-electron chi connectivity index (χ3n) is 2.38. The Bertz CT molecular complexity index is 552. The molecule has 0 aliphatic carbocycles. The van der Waals surface area contributed by atoms with Gasteiger partial charge in [0.2, 0.25) is 0 Å². The molecule has 1 aromatic carbocycles. The first kappa shape index (κ1) is 14.7. The fourth-order valence-corrected chi connectivity index (χ4v) is 4.23. The Kier molecular flexibility index (Phi) is 5.00. The highest BCUT2D eigenvalue weighted by atomic mass is 79.9. The summed E-state index contributed by atoms with van der Waals surface area (Å²) in [6.07, 6.45) is 0. The third kappa shape index (κ3) is 3.05. The summed E-state index contributed by atoms with van der Waals surface area (Å²) in [6.45, 7) is 0. The molecule has 6 heteroatoms. The molecule has 2 rings (SSSR count). The van der Waals surface area contributed by atoms with Gasteiger partial charge in [-0.25, -0.2) is 0 Å². The van der Waals surface area contributed by atoms with Crippen molar-refractivity contribution in [3.8, 4) is 5.75 Å². The lowest BCUT2D eigenvalue weighted by Gasteiger charge is -2.13. The molecular weight excluding hydrogens is 423 g/mol. The van der Waals surface area contributed by atoms with Gasteiger partial charge in [-0.05, 0) is 34.1 Å². The fourth-order valence-electron chi connectivity index (χ4n) is 1.54. The zero-order valence-electron chi connectivity index (χ0n) is 9.22. The summed E-state index contributed by atoms with van der Waals surface area (Å²) in [7, 11) is 1.63. The van der Waals surface area contributed by atoms with Crippen LogP contribution in [0.4, 0.5) is 0 Å². The maximum absolute atomic E-state index is 6.05. The van der Waals surface area contributed by atoms with Crippen molar-refractivity contribution in [1.29, 1.82) is 0 Å². The summed E-state index contributed by atoms with van der Waals surface area (Å²) < 4.78 is 6.28. The SMILES string of the molecule is COc1cc(Cl)ccc1C(Br)c1cc(Cl)c(Br)s1. The molecule has 0 N–H and O–H groups in total. The summed E-state index contributed by atoms with van der Waals surface area (Å²) in [5.74, 6) is 0.755. The van der Waals surface area contributed by atoms with E-state index in [4.69, 9.17) is 27.9 Å². The Balaban J connectivity index is 2.42. The largest absolute Gasteiger partial charge is 0.496 e. The molecule has 0 amide bonds. The van der Waals surface area contributed by atoms with Crippen molar-refractivity contribution in [2.75, 3.05) is 7.11 Å². The predicted octanol–water partition coefficient (Wildman–Crippen LogP) is 6.31. The van der Waals surface area contributed by atoms with E-state index >= 15 is 0 Å². The Morgan fingerprint density at radius 2 is 2.00 bits per heavy atom. The van der Waals surface area contributed by atoms with Crippen molar-refractivity contribution < 1.29 is 4.74 Å². The number of hydrogen-bond donors (Lipinski definition) is 0. The van der Waals surface area contributed by atoms with Crippen LogP contribution >= 0.6 is 66.4 Å². The normalized spacial score (nSPS) is 12.5. The van der Waals surface area contributed by atoms with E-state index in [9.17, 15) is 0 Å². The lowest BCUT2D eigenvalue weighted by Crippen LogP contribution is -1.95. The summed E-state index contributed by atoms with van der Waals surface area (Å²) in [5.41, 5.74) is 1.02. The molecule has 0 saturated carbocycles. The van der Waals surface area contributed by atoms with Crippen LogP contribution in [-0.4, -0.2) is 7.11 Å². The molecule has 1 aromatic heterocycles. The van der Waals surface area contributed by atoms with Gasteiger partial charge in [0.25, 0.3) is 0 Å². The molecule has 0 radical (unpaired) electrons. The Morgan fingerprint density at radius 1 is 1.28 bits per heavy atom. The van der Waals surface area contributed by atoms with Gasteiger partial charge in [0.05, 0.1) is 20.7 Å². The maximum Gasteiger partial charge on any atom is 0.125 e. The van der Waals surface area contributed by atoms with Gasteiger partial charge in [-0.15, -0.1) is 11.3 Å². The zero-order valence-corrected chi connectivity index (χ0v) is 14.7. The quantitative estimate of drug-likeness (QED) is 0.518. The van der Waals surface area contributed by atoms with Crippen LogP contribution in [0.5, 0.6) is 5.75 Å². The van der Waals surface area contributed by atoms with Gasteiger partial charge in [-0.1, -0.05) is 45.2 Å². The van der Waals surface area contributed by atoms with Crippen molar-refractivity contribution in [3.05, 3.63) is 48.5 Å². The topological polar surface area (TPSA) is 9.23 Å². The Morgan fingerprint density at radius 3 is 2.56 bits per heavy atom. The molecule has 0 saturated heterocycles. The Hall–Kier alpha value is 0.260. The van der Waals surface area contributed by atoms with Crippen LogP contribution in [0.3, 0.4) is 0 Å². The van der Waals surface area contributed by atoms with Crippen molar-refractivity contribution in [2.45, 2.75) is 4.83 Å². The first-order valence-corrected chi connectivity index (χ1v) is 8.23. The zero-order chi connectivity index (χ0) is 13.3. The van der Waals surface area contributed by atoms with Gasteiger partial charge in [0.1, 0.15) is 5.75 Å². The molecule has 0 bridgehead atoms. The van der Waals surface area contributed by atoms with Crippen LogP contribution in [0.2, 0.25) is 10.0 Å². The minimum atomic E-state index is 0.0264. The van der Waals surface area contributed by atoms with E-state index in [1.165, 1.54) is 0 Å². The minimum Gasteiger partial charge on any atom is -0.496 e. The lowest BCUT2D eigenvalue weighted by atomic mass is 10.1. The Labute approximate surface area is 136 Å². The summed E-state index contributed by atoms with van der Waals surface area (Å²) in [5, 5.41) is 1.37. The molecule has 18 heavy (non-hydrogen) atoms. The number of ether oxygens (including phenoxy) is 1. The average Bonchev–Trinajstić information content (AvgIpc) is 2.68. The minimum absolute atomic E-state index is 0.0264. The van der Waals surface area contributed by atoms with E-state index in [-0.39, 0.29) is 4.83 Å². The van der Waals surface area contributed by atoms with E-state index < -0.39 is 0 Å². The lowest BCUT2D eigenvalue weighted by molar-refractivity contribution is 0.410. The summed E-state index contributed by atoms with van der Waals surface area (Å²) in [4.78, 5) is 1.13. The number of alkyl halides is 1. The van der Waals surface area contributed by atoms with Crippen LogP contribution in [0, 0.1) is 0 Å². The molecule has 0 aliphatic rings. The van der Waals surface area contributed by atoms with Crippen LogP contribution < -0.4 is 4.74 Å². The number of thiophene rings is 1. The standard InChI is InChI=1S/C12H8Br2Cl2OS/c1-17-9-4-6(15)2-3-7(9)11(13)10-5-8(16)12(14)18-10/h2-5,11H,1H3. The highest BCUT2D eigenvalue weighted by Gasteiger charge is 2.18. The van der Waals surface area contributed by atoms with Crippen LogP contribution in [-0.2, 0) is 0 Å².